The number of ether oxygens (including phenoxy) is 1. The predicted molar refractivity (Wildman–Crippen MR) is 96.9 cm³/mol. The van der Waals surface area contributed by atoms with Crippen LogP contribution in [0.25, 0.3) is 0 Å². The van der Waals surface area contributed by atoms with Gasteiger partial charge < -0.3 is 14.6 Å². The average molecular weight is 377 g/mol. The van der Waals surface area contributed by atoms with Crippen LogP contribution in [0.4, 0.5) is 5.69 Å². The molecule has 3 rings (SSSR count). The van der Waals surface area contributed by atoms with E-state index in [2.05, 4.69) is 10.5 Å². The lowest BCUT2D eigenvalue weighted by atomic mass is 10.2. The minimum absolute atomic E-state index is 0.325. The number of para-hydroxylation sites is 2. The van der Waals surface area contributed by atoms with Crippen LogP contribution >= 0.6 is 23.2 Å². The zero-order valence-electron chi connectivity index (χ0n) is 13.5. The van der Waals surface area contributed by atoms with Crippen molar-refractivity contribution in [3.8, 4) is 11.5 Å². The highest BCUT2D eigenvalue weighted by Gasteiger charge is 2.19. The summed E-state index contributed by atoms with van der Waals surface area (Å²) < 4.78 is 10.9. The molecule has 3 aromatic rings. The van der Waals surface area contributed by atoms with Crippen molar-refractivity contribution in [2.45, 2.75) is 13.8 Å². The van der Waals surface area contributed by atoms with Gasteiger partial charge in [0.05, 0.1) is 16.4 Å². The number of benzene rings is 2. The van der Waals surface area contributed by atoms with E-state index < -0.39 is 0 Å². The highest BCUT2D eigenvalue weighted by atomic mass is 35.5. The zero-order chi connectivity index (χ0) is 18.0. The Morgan fingerprint density at radius 1 is 1.12 bits per heavy atom. The zero-order valence-corrected chi connectivity index (χ0v) is 15.0. The Morgan fingerprint density at radius 2 is 1.88 bits per heavy atom. The van der Waals surface area contributed by atoms with E-state index in [9.17, 15) is 4.79 Å². The Hall–Kier alpha value is -2.50. The first kappa shape index (κ1) is 17.3. The molecular weight excluding hydrogens is 363 g/mol. The number of aryl methyl sites for hydroxylation is 2. The van der Waals surface area contributed by atoms with Crippen LogP contribution in [-0.4, -0.2) is 11.1 Å². The summed E-state index contributed by atoms with van der Waals surface area (Å²) in [4.78, 5) is 12.5. The fourth-order valence-corrected chi connectivity index (χ4v) is 2.77. The number of hydrogen-bond donors (Lipinski definition) is 1. The molecule has 5 nitrogen and oxygen atoms in total. The maximum absolute atomic E-state index is 12.5. The molecule has 0 aliphatic carbocycles. The van der Waals surface area contributed by atoms with Gasteiger partial charge in [0.1, 0.15) is 17.1 Å². The highest BCUT2D eigenvalue weighted by Crippen LogP contribution is 2.35. The molecule has 0 radical (unpaired) electrons. The SMILES string of the molecule is Cc1noc(C)c1C(=O)Nc1ccccc1Oc1ccc(Cl)cc1Cl. The van der Waals surface area contributed by atoms with Gasteiger partial charge in [-0.25, -0.2) is 0 Å². The van der Waals surface area contributed by atoms with E-state index >= 15 is 0 Å². The van der Waals surface area contributed by atoms with Crippen molar-refractivity contribution in [3.63, 3.8) is 0 Å². The van der Waals surface area contributed by atoms with E-state index in [1.165, 1.54) is 0 Å². The molecule has 0 saturated carbocycles. The summed E-state index contributed by atoms with van der Waals surface area (Å²) in [6.45, 7) is 3.39. The topological polar surface area (TPSA) is 64.4 Å². The first-order valence-corrected chi connectivity index (χ1v) is 8.17. The molecule has 0 atom stereocenters. The van der Waals surface area contributed by atoms with E-state index in [-0.39, 0.29) is 5.91 Å². The minimum atomic E-state index is -0.325. The fraction of sp³-hybridized carbons (Fsp3) is 0.111. The number of rotatable bonds is 4. The van der Waals surface area contributed by atoms with Crippen molar-refractivity contribution < 1.29 is 14.1 Å². The summed E-state index contributed by atoms with van der Waals surface area (Å²) in [7, 11) is 0. The molecule has 0 fully saturated rings. The summed E-state index contributed by atoms with van der Waals surface area (Å²) in [6.07, 6.45) is 0. The van der Waals surface area contributed by atoms with Crippen molar-refractivity contribution in [3.05, 3.63) is 69.5 Å². The molecule has 0 aliphatic heterocycles. The van der Waals surface area contributed by atoms with Crippen LogP contribution in [0.3, 0.4) is 0 Å². The maximum atomic E-state index is 12.5. The summed E-state index contributed by atoms with van der Waals surface area (Å²) >= 11 is 12.0. The van der Waals surface area contributed by atoms with Gasteiger partial charge in [-0.3, -0.25) is 4.79 Å². The van der Waals surface area contributed by atoms with Gasteiger partial charge in [-0.15, -0.1) is 0 Å². The van der Waals surface area contributed by atoms with Crippen LogP contribution in [-0.2, 0) is 0 Å². The number of hydrogen-bond acceptors (Lipinski definition) is 4. The molecule has 0 saturated heterocycles. The molecule has 1 amide bonds. The first-order chi connectivity index (χ1) is 12.0. The van der Waals surface area contributed by atoms with E-state index in [1.807, 2.05) is 0 Å². The maximum Gasteiger partial charge on any atom is 0.261 e. The Balaban J connectivity index is 1.87. The Morgan fingerprint density at radius 3 is 2.56 bits per heavy atom. The molecule has 1 heterocycles. The number of aromatic nitrogens is 1. The molecule has 25 heavy (non-hydrogen) atoms. The van der Waals surface area contributed by atoms with Crippen LogP contribution < -0.4 is 10.1 Å². The molecule has 1 N–H and O–H groups in total. The van der Waals surface area contributed by atoms with Gasteiger partial charge in [0, 0.05) is 5.02 Å². The third-order valence-electron chi connectivity index (χ3n) is 3.51. The van der Waals surface area contributed by atoms with Crippen molar-refractivity contribution in [2.75, 3.05) is 5.32 Å². The summed E-state index contributed by atoms with van der Waals surface area (Å²) in [6, 6.07) is 12.0. The summed E-state index contributed by atoms with van der Waals surface area (Å²) in [5, 5.41) is 7.49. The van der Waals surface area contributed by atoms with Crippen molar-refractivity contribution in [2.24, 2.45) is 0 Å². The van der Waals surface area contributed by atoms with Crippen LogP contribution in [0.1, 0.15) is 21.8 Å². The number of nitrogens with zero attached hydrogens (tertiary/aromatic N) is 1. The van der Waals surface area contributed by atoms with E-state index in [1.54, 1.807) is 56.3 Å². The fourth-order valence-electron chi connectivity index (χ4n) is 2.33. The first-order valence-electron chi connectivity index (χ1n) is 7.42. The second kappa shape index (κ2) is 7.17. The third kappa shape index (κ3) is 3.78. The summed E-state index contributed by atoms with van der Waals surface area (Å²) in [5.74, 6) is 1.01. The molecule has 2 aromatic carbocycles. The van der Waals surface area contributed by atoms with Gasteiger partial charge in [-0.1, -0.05) is 40.5 Å². The lowest BCUT2D eigenvalue weighted by Crippen LogP contribution is -2.14. The van der Waals surface area contributed by atoms with Crippen molar-refractivity contribution in [1.82, 2.24) is 5.16 Å². The third-order valence-corrected chi connectivity index (χ3v) is 4.04. The molecule has 128 valence electrons. The normalized spacial score (nSPS) is 10.6. The monoisotopic (exact) mass is 376 g/mol. The molecule has 1 aromatic heterocycles. The molecule has 7 heteroatoms. The molecular formula is C18H14Cl2N2O3. The number of amides is 1. The van der Waals surface area contributed by atoms with E-state index in [0.29, 0.717) is 44.2 Å². The number of anilines is 1. The van der Waals surface area contributed by atoms with Gasteiger partial charge in [-0.05, 0) is 44.2 Å². The second-order valence-corrected chi connectivity index (χ2v) is 6.17. The number of carbonyl (C=O) groups excluding carboxylic acids is 1. The smallest absolute Gasteiger partial charge is 0.261 e. The molecule has 0 unspecified atom stereocenters. The van der Waals surface area contributed by atoms with Crippen molar-refractivity contribution >= 4 is 34.8 Å². The van der Waals surface area contributed by atoms with Gasteiger partial charge in [-0.2, -0.15) is 0 Å². The van der Waals surface area contributed by atoms with Gasteiger partial charge >= 0.3 is 0 Å². The lowest BCUT2D eigenvalue weighted by molar-refractivity contribution is 0.102. The predicted octanol–water partition coefficient (Wildman–Crippen LogP) is 5.64. The average Bonchev–Trinajstić information content (AvgIpc) is 2.90. The lowest BCUT2D eigenvalue weighted by Gasteiger charge is -2.13. The minimum Gasteiger partial charge on any atom is -0.454 e. The second-order valence-electron chi connectivity index (χ2n) is 5.33. The Kier molecular flexibility index (Phi) is 4.97. The number of nitrogens with one attached hydrogen (secondary N) is 1. The quantitative estimate of drug-likeness (QED) is 0.639. The van der Waals surface area contributed by atoms with E-state index in [4.69, 9.17) is 32.5 Å². The Labute approximate surface area is 154 Å². The van der Waals surface area contributed by atoms with Crippen LogP contribution in [0.15, 0.2) is 47.0 Å². The Bertz CT molecular complexity index is 918. The summed E-state index contributed by atoms with van der Waals surface area (Å²) in [5.41, 5.74) is 1.42. The highest BCUT2D eigenvalue weighted by molar-refractivity contribution is 6.35. The molecule has 0 bridgehead atoms. The van der Waals surface area contributed by atoms with Crippen LogP contribution in [0.5, 0.6) is 11.5 Å². The van der Waals surface area contributed by atoms with Crippen LogP contribution in [0.2, 0.25) is 10.0 Å². The van der Waals surface area contributed by atoms with Gasteiger partial charge in [0.25, 0.3) is 5.91 Å². The molecule has 0 spiro atoms. The number of carbonyl (C=O) groups is 1. The largest absolute Gasteiger partial charge is 0.454 e. The molecule has 0 aliphatic rings. The van der Waals surface area contributed by atoms with Gasteiger partial charge in [0.2, 0.25) is 0 Å². The van der Waals surface area contributed by atoms with Crippen LogP contribution in [0, 0.1) is 13.8 Å². The van der Waals surface area contributed by atoms with Crippen molar-refractivity contribution in [1.29, 1.82) is 0 Å². The number of halogens is 2. The standard InChI is InChI=1S/C18H14Cl2N2O3/c1-10-17(11(2)25-22-10)18(23)21-14-5-3-4-6-16(14)24-15-8-7-12(19)9-13(15)20/h3-9H,1-2H3,(H,21,23). The van der Waals surface area contributed by atoms with E-state index in [0.717, 1.165) is 0 Å². The van der Waals surface area contributed by atoms with Gasteiger partial charge in [0.15, 0.2) is 5.75 Å².